The molecule has 0 saturated carbocycles. The Labute approximate surface area is 165 Å². The quantitative estimate of drug-likeness (QED) is 0.488. The molecule has 144 valence electrons. The number of benzene rings is 1. The fourth-order valence-corrected chi connectivity index (χ4v) is 3.86. The Hall–Kier alpha value is -2.92. The van der Waals surface area contributed by atoms with Gasteiger partial charge in [0.2, 0.25) is 0 Å². The molecule has 0 radical (unpaired) electrons. The molecule has 0 unspecified atom stereocenters. The summed E-state index contributed by atoms with van der Waals surface area (Å²) < 4.78 is 6.36. The number of rotatable bonds is 6. The Morgan fingerprint density at radius 1 is 1.00 bits per heavy atom. The molecule has 0 fully saturated rings. The lowest BCUT2D eigenvalue weighted by atomic mass is 9.99. The monoisotopic (exact) mass is 375 g/mol. The standard InChI is InChI=1S/C23H25N3O2/c1-3-26(4-2)15-19-14-21(16-9-11-24-12-10-16)23(28-19)18-5-7-20-17(13-18)6-8-22(20)25-27/h5,7,9-14,27H,3-4,6,8,15H2,1-2H3. The highest BCUT2D eigenvalue weighted by molar-refractivity contribution is 6.04. The third-order valence-electron chi connectivity index (χ3n) is 5.48. The molecule has 0 spiro atoms. The first-order valence-corrected chi connectivity index (χ1v) is 9.83. The van der Waals surface area contributed by atoms with Gasteiger partial charge >= 0.3 is 0 Å². The summed E-state index contributed by atoms with van der Waals surface area (Å²) in [4.78, 5) is 6.48. The molecule has 2 aromatic heterocycles. The topological polar surface area (TPSA) is 61.9 Å². The van der Waals surface area contributed by atoms with Crippen LogP contribution in [0.15, 0.2) is 58.4 Å². The van der Waals surface area contributed by atoms with Crippen molar-refractivity contribution in [3.05, 3.63) is 65.7 Å². The van der Waals surface area contributed by atoms with Gasteiger partial charge in [-0.2, -0.15) is 0 Å². The van der Waals surface area contributed by atoms with Gasteiger partial charge in [-0.15, -0.1) is 0 Å². The lowest BCUT2D eigenvalue weighted by Gasteiger charge is -2.15. The van der Waals surface area contributed by atoms with Crippen LogP contribution in [-0.2, 0) is 13.0 Å². The van der Waals surface area contributed by atoms with Gasteiger partial charge in [0.25, 0.3) is 0 Å². The summed E-state index contributed by atoms with van der Waals surface area (Å²) in [7, 11) is 0. The number of nitrogens with zero attached hydrogens (tertiary/aromatic N) is 3. The number of hydrogen-bond donors (Lipinski definition) is 1. The van der Waals surface area contributed by atoms with E-state index in [4.69, 9.17) is 4.42 Å². The number of aromatic nitrogens is 1. The fraction of sp³-hybridized carbons (Fsp3) is 0.304. The van der Waals surface area contributed by atoms with E-state index >= 15 is 0 Å². The molecule has 28 heavy (non-hydrogen) atoms. The summed E-state index contributed by atoms with van der Waals surface area (Å²) in [5.74, 6) is 1.84. The highest BCUT2D eigenvalue weighted by Crippen LogP contribution is 2.37. The minimum absolute atomic E-state index is 0.762. The van der Waals surface area contributed by atoms with Crippen molar-refractivity contribution < 1.29 is 9.62 Å². The Bertz CT molecular complexity index is 988. The van der Waals surface area contributed by atoms with E-state index in [-0.39, 0.29) is 0 Å². The molecular weight excluding hydrogens is 350 g/mol. The van der Waals surface area contributed by atoms with Crippen molar-refractivity contribution in [2.45, 2.75) is 33.2 Å². The number of hydrogen-bond acceptors (Lipinski definition) is 5. The predicted octanol–water partition coefficient (Wildman–Crippen LogP) is 4.97. The van der Waals surface area contributed by atoms with E-state index in [9.17, 15) is 5.21 Å². The van der Waals surface area contributed by atoms with Gasteiger partial charge in [-0.25, -0.2) is 0 Å². The highest BCUT2D eigenvalue weighted by atomic mass is 16.4. The van der Waals surface area contributed by atoms with E-state index < -0.39 is 0 Å². The van der Waals surface area contributed by atoms with Crippen LogP contribution >= 0.6 is 0 Å². The van der Waals surface area contributed by atoms with Crippen LogP contribution in [0.5, 0.6) is 0 Å². The van der Waals surface area contributed by atoms with Gasteiger partial charge < -0.3 is 9.62 Å². The van der Waals surface area contributed by atoms with Crippen molar-refractivity contribution in [3.63, 3.8) is 0 Å². The molecule has 1 aromatic carbocycles. The van der Waals surface area contributed by atoms with E-state index in [1.54, 1.807) is 0 Å². The van der Waals surface area contributed by atoms with Crippen molar-refractivity contribution in [1.82, 2.24) is 9.88 Å². The SMILES string of the molecule is CCN(CC)Cc1cc(-c2ccncc2)c(-c2ccc3c(c2)CCC3=NO)o1. The van der Waals surface area contributed by atoms with Gasteiger partial charge in [-0.1, -0.05) is 31.1 Å². The van der Waals surface area contributed by atoms with Gasteiger partial charge in [0, 0.05) is 29.1 Å². The zero-order chi connectivity index (χ0) is 19.5. The number of aryl methyl sites for hydroxylation is 1. The van der Waals surface area contributed by atoms with E-state index in [1.165, 1.54) is 5.56 Å². The molecule has 5 heteroatoms. The average Bonchev–Trinajstić information content (AvgIpc) is 3.36. The summed E-state index contributed by atoms with van der Waals surface area (Å²) in [5.41, 5.74) is 6.23. The zero-order valence-electron chi connectivity index (χ0n) is 16.4. The number of pyridine rings is 1. The molecule has 0 bridgehead atoms. The van der Waals surface area contributed by atoms with Crippen LogP contribution in [-0.4, -0.2) is 33.9 Å². The minimum atomic E-state index is 0.762. The first-order valence-electron chi connectivity index (χ1n) is 9.83. The van der Waals surface area contributed by atoms with Crippen molar-refractivity contribution in [2.24, 2.45) is 5.16 Å². The van der Waals surface area contributed by atoms with Crippen LogP contribution in [0.1, 0.15) is 37.2 Å². The summed E-state index contributed by atoms with van der Waals surface area (Å²) >= 11 is 0. The van der Waals surface area contributed by atoms with Crippen LogP contribution in [0.2, 0.25) is 0 Å². The largest absolute Gasteiger partial charge is 0.459 e. The summed E-state index contributed by atoms with van der Waals surface area (Å²) in [6.07, 6.45) is 5.28. The Balaban J connectivity index is 1.78. The molecule has 1 aliphatic carbocycles. The highest BCUT2D eigenvalue weighted by Gasteiger charge is 2.21. The van der Waals surface area contributed by atoms with Gasteiger partial charge in [0.05, 0.1) is 12.3 Å². The Morgan fingerprint density at radius 2 is 1.79 bits per heavy atom. The van der Waals surface area contributed by atoms with Gasteiger partial charge in [-0.3, -0.25) is 9.88 Å². The smallest absolute Gasteiger partial charge is 0.142 e. The lowest BCUT2D eigenvalue weighted by Crippen LogP contribution is -2.21. The van der Waals surface area contributed by atoms with Crippen LogP contribution in [0, 0.1) is 0 Å². The van der Waals surface area contributed by atoms with Crippen LogP contribution in [0.4, 0.5) is 0 Å². The first kappa shape index (κ1) is 18.4. The molecule has 0 amide bonds. The number of oxime groups is 1. The minimum Gasteiger partial charge on any atom is -0.459 e. The number of furan rings is 1. The normalized spacial score (nSPS) is 14.8. The van der Waals surface area contributed by atoms with Crippen molar-refractivity contribution in [1.29, 1.82) is 0 Å². The predicted molar refractivity (Wildman–Crippen MR) is 111 cm³/mol. The molecule has 0 aliphatic heterocycles. The van der Waals surface area contributed by atoms with E-state index in [0.29, 0.717) is 0 Å². The zero-order valence-corrected chi connectivity index (χ0v) is 16.4. The molecule has 2 heterocycles. The summed E-state index contributed by atoms with van der Waals surface area (Å²) in [5, 5.41) is 12.6. The van der Waals surface area contributed by atoms with E-state index in [2.05, 4.69) is 47.1 Å². The molecule has 0 saturated heterocycles. The second-order valence-electron chi connectivity index (χ2n) is 7.07. The molecule has 1 N–H and O–H groups in total. The summed E-state index contributed by atoms with van der Waals surface area (Å²) in [6.45, 7) is 7.09. The molecular formula is C23H25N3O2. The lowest BCUT2D eigenvalue weighted by molar-refractivity contribution is 0.270. The van der Waals surface area contributed by atoms with Crippen molar-refractivity contribution in [2.75, 3.05) is 13.1 Å². The Kier molecular flexibility index (Phi) is 5.26. The van der Waals surface area contributed by atoms with Crippen molar-refractivity contribution in [3.8, 4) is 22.5 Å². The van der Waals surface area contributed by atoms with Gasteiger partial charge in [0.1, 0.15) is 11.5 Å². The van der Waals surface area contributed by atoms with Gasteiger partial charge in [-0.05, 0) is 61.3 Å². The van der Waals surface area contributed by atoms with Gasteiger partial charge in [0.15, 0.2) is 0 Å². The van der Waals surface area contributed by atoms with Crippen LogP contribution < -0.4 is 0 Å². The maximum absolute atomic E-state index is 9.18. The fourth-order valence-electron chi connectivity index (χ4n) is 3.86. The summed E-state index contributed by atoms with van der Waals surface area (Å²) in [6, 6.07) is 12.4. The van der Waals surface area contributed by atoms with Crippen molar-refractivity contribution >= 4 is 5.71 Å². The van der Waals surface area contributed by atoms with E-state index in [1.807, 2.05) is 30.6 Å². The first-order chi connectivity index (χ1) is 13.7. The molecule has 1 aliphatic rings. The third-order valence-corrected chi connectivity index (χ3v) is 5.48. The maximum atomic E-state index is 9.18. The molecule has 3 aromatic rings. The second kappa shape index (κ2) is 7.98. The second-order valence-corrected chi connectivity index (χ2v) is 7.07. The maximum Gasteiger partial charge on any atom is 0.142 e. The molecule has 4 rings (SSSR count). The third kappa shape index (κ3) is 3.45. The average molecular weight is 375 g/mol. The molecule has 5 nitrogen and oxygen atoms in total. The Morgan fingerprint density at radius 3 is 2.50 bits per heavy atom. The number of fused-ring (bicyclic) bond motifs is 1. The molecule has 0 atom stereocenters. The van der Waals surface area contributed by atoms with E-state index in [0.717, 1.165) is 72.0 Å². The van der Waals surface area contributed by atoms with Crippen LogP contribution in [0.3, 0.4) is 0 Å². The van der Waals surface area contributed by atoms with Crippen LogP contribution in [0.25, 0.3) is 22.5 Å².